The highest BCUT2D eigenvalue weighted by Gasteiger charge is 2.29. The van der Waals surface area contributed by atoms with E-state index in [0.29, 0.717) is 11.8 Å². The SMILES string of the molecule is CC(C)c1nccn1CC1CN(c2ncccc2Br)C1. The molecule has 0 N–H and O–H groups in total. The zero-order valence-electron chi connectivity index (χ0n) is 11.8. The topological polar surface area (TPSA) is 34.0 Å². The monoisotopic (exact) mass is 334 g/mol. The molecule has 2 aromatic heterocycles. The number of hydrogen-bond donors (Lipinski definition) is 0. The molecule has 0 unspecified atom stereocenters. The molecule has 4 nitrogen and oxygen atoms in total. The van der Waals surface area contributed by atoms with E-state index < -0.39 is 0 Å². The van der Waals surface area contributed by atoms with Gasteiger partial charge in [-0.1, -0.05) is 13.8 Å². The molecule has 0 amide bonds. The number of nitrogens with zero attached hydrogens (tertiary/aromatic N) is 4. The van der Waals surface area contributed by atoms with E-state index in [-0.39, 0.29) is 0 Å². The number of hydrogen-bond acceptors (Lipinski definition) is 3. The molecular weight excluding hydrogens is 316 g/mol. The first kappa shape index (κ1) is 13.6. The van der Waals surface area contributed by atoms with Crippen molar-refractivity contribution in [1.82, 2.24) is 14.5 Å². The second-order valence-corrected chi connectivity index (χ2v) is 6.53. The summed E-state index contributed by atoms with van der Waals surface area (Å²) >= 11 is 3.56. The van der Waals surface area contributed by atoms with Crippen LogP contribution in [0.25, 0.3) is 0 Å². The van der Waals surface area contributed by atoms with Crippen molar-refractivity contribution in [3.8, 4) is 0 Å². The van der Waals surface area contributed by atoms with Crippen molar-refractivity contribution in [2.75, 3.05) is 18.0 Å². The van der Waals surface area contributed by atoms with E-state index in [0.717, 1.165) is 29.9 Å². The lowest BCUT2D eigenvalue weighted by Crippen LogP contribution is -2.49. The van der Waals surface area contributed by atoms with Crippen molar-refractivity contribution in [3.63, 3.8) is 0 Å². The fourth-order valence-corrected chi connectivity index (χ4v) is 3.23. The van der Waals surface area contributed by atoms with Gasteiger partial charge in [0.1, 0.15) is 11.6 Å². The molecule has 0 radical (unpaired) electrons. The molecule has 0 atom stereocenters. The summed E-state index contributed by atoms with van der Waals surface area (Å²) in [7, 11) is 0. The van der Waals surface area contributed by atoms with Crippen LogP contribution in [0.1, 0.15) is 25.6 Å². The lowest BCUT2D eigenvalue weighted by Gasteiger charge is -2.41. The minimum Gasteiger partial charge on any atom is -0.355 e. The highest BCUT2D eigenvalue weighted by atomic mass is 79.9. The fourth-order valence-electron chi connectivity index (χ4n) is 2.72. The zero-order chi connectivity index (χ0) is 14.1. The highest BCUT2D eigenvalue weighted by Crippen LogP contribution is 2.30. The molecule has 1 aliphatic heterocycles. The van der Waals surface area contributed by atoms with Gasteiger partial charge in [-0.3, -0.25) is 0 Å². The zero-order valence-corrected chi connectivity index (χ0v) is 13.4. The van der Waals surface area contributed by atoms with E-state index in [1.165, 1.54) is 5.82 Å². The van der Waals surface area contributed by atoms with Gasteiger partial charge in [0.2, 0.25) is 0 Å². The van der Waals surface area contributed by atoms with Crippen LogP contribution >= 0.6 is 15.9 Å². The number of aromatic nitrogens is 3. The Morgan fingerprint density at radius 3 is 2.80 bits per heavy atom. The number of imidazole rings is 1. The molecule has 2 aromatic rings. The Balaban J connectivity index is 1.61. The van der Waals surface area contributed by atoms with Gasteiger partial charge in [0.05, 0.1) is 4.47 Å². The van der Waals surface area contributed by atoms with Crippen LogP contribution in [0.5, 0.6) is 0 Å². The maximum Gasteiger partial charge on any atom is 0.142 e. The van der Waals surface area contributed by atoms with Crippen molar-refractivity contribution in [2.45, 2.75) is 26.3 Å². The van der Waals surface area contributed by atoms with Crippen LogP contribution in [0.3, 0.4) is 0 Å². The Hall–Kier alpha value is -1.36. The van der Waals surface area contributed by atoms with E-state index in [1.807, 2.05) is 24.5 Å². The average molecular weight is 335 g/mol. The second kappa shape index (κ2) is 5.56. The molecule has 0 saturated carbocycles. The third-order valence-electron chi connectivity index (χ3n) is 3.71. The second-order valence-electron chi connectivity index (χ2n) is 5.67. The first-order valence-electron chi connectivity index (χ1n) is 7.01. The van der Waals surface area contributed by atoms with Crippen LogP contribution < -0.4 is 4.90 Å². The van der Waals surface area contributed by atoms with Gasteiger partial charge in [0.25, 0.3) is 0 Å². The van der Waals surface area contributed by atoms with Crippen molar-refractivity contribution in [3.05, 3.63) is 41.0 Å². The molecule has 3 heterocycles. The molecule has 106 valence electrons. The molecular formula is C15H19BrN4. The summed E-state index contributed by atoms with van der Waals surface area (Å²) in [5.74, 6) is 3.39. The van der Waals surface area contributed by atoms with Gasteiger partial charge >= 0.3 is 0 Å². The largest absolute Gasteiger partial charge is 0.355 e. The molecule has 0 aliphatic carbocycles. The van der Waals surface area contributed by atoms with Gasteiger partial charge in [-0.15, -0.1) is 0 Å². The molecule has 0 spiro atoms. The van der Waals surface area contributed by atoms with Crippen molar-refractivity contribution in [1.29, 1.82) is 0 Å². The van der Waals surface area contributed by atoms with Crippen molar-refractivity contribution in [2.24, 2.45) is 5.92 Å². The van der Waals surface area contributed by atoms with Crippen molar-refractivity contribution < 1.29 is 0 Å². The summed E-state index contributed by atoms with van der Waals surface area (Å²) < 4.78 is 3.36. The predicted molar refractivity (Wildman–Crippen MR) is 84.0 cm³/mol. The Bertz CT molecular complexity index is 587. The molecule has 1 saturated heterocycles. The number of rotatable bonds is 4. The predicted octanol–water partition coefficient (Wildman–Crippen LogP) is 3.30. The quantitative estimate of drug-likeness (QED) is 0.860. The first-order chi connectivity index (χ1) is 9.65. The Morgan fingerprint density at radius 2 is 2.10 bits per heavy atom. The van der Waals surface area contributed by atoms with E-state index in [9.17, 15) is 0 Å². The normalized spacial score (nSPS) is 15.7. The van der Waals surface area contributed by atoms with Gasteiger partial charge in [-0.05, 0) is 28.1 Å². The highest BCUT2D eigenvalue weighted by molar-refractivity contribution is 9.10. The summed E-state index contributed by atoms with van der Waals surface area (Å²) in [4.78, 5) is 11.2. The van der Waals surface area contributed by atoms with Gasteiger partial charge in [-0.2, -0.15) is 0 Å². The average Bonchev–Trinajstić information content (AvgIpc) is 2.83. The number of halogens is 1. The Morgan fingerprint density at radius 1 is 1.30 bits per heavy atom. The van der Waals surface area contributed by atoms with Gasteiger partial charge < -0.3 is 9.47 Å². The van der Waals surface area contributed by atoms with E-state index in [2.05, 4.69) is 55.4 Å². The molecule has 1 aliphatic rings. The van der Waals surface area contributed by atoms with Gasteiger partial charge in [0, 0.05) is 50.1 Å². The van der Waals surface area contributed by atoms with Crippen LogP contribution in [0.15, 0.2) is 35.2 Å². The van der Waals surface area contributed by atoms with Crippen LogP contribution in [-0.4, -0.2) is 27.6 Å². The number of anilines is 1. The van der Waals surface area contributed by atoms with Crippen LogP contribution in [0.4, 0.5) is 5.82 Å². The molecule has 1 fully saturated rings. The maximum absolute atomic E-state index is 4.45. The lowest BCUT2D eigenvalue weighted by molar-refractivity contribution is 0.348. The molecule has 5 heteroatoms. The van der Waals surface area contributed by atoms with Crippen LogP contribution in [0.2, 0.25) is 0 Å². The number of pyridine rings is 1. The lowest BCUT2D eigenvalue weighted by atomic mass is 10.00. The maximum atomic E-state index is 4.45. The summed E-state index contributed by atoms with van der Waals surface area (Å²) in [6.45, 7) is 7.55. The van der Waals surface area contributed by atoms with Gasteiger partial charge in [-0.25, -0.2) is 9.97 Å². The molecule has 0 aromatic carbocycles. The summed E-state index contributed by atoms with van der Waals surface area (Å²) in [5, 5.41) is 0. The first-order valence-corrected chi connectivity index (χ1v) is 7.81. The van der Waals surface area contributed by atoms with E-state index >= 15 is 0 Å². The fraction of sp³-hybridized carbons (Fsp3) is 0.467. The standard InChI is InChI=1S/C15H19BrN4/c1-11(2)14-18-6-7-19(14)8-12-9-20(10-12)15-13(16)4-3-5-17-15/h3-7,11-12H,8-10H2,1-2H3. The van der Waals surface area contributed by atoms with E-state index in [1.54, 1.807) is 0 Å². The molecule has 3 rings (SSSR count). The molecule has 20 heavy (non-hydrogen) atoms. The third-order valence-corrected chi connectivity index (χ3v) is 4.33. The minimum atomic E-state index is 0.478. The van der Waals surface area contributed by atoms with Gasteiger partial charge in [0.15, 0.2) is 0 Å². The smallest absolute Gasteiger partial charge is 0.142 e. The third kappa shape index (κ3) is 2.59. The summed E-state index contributed by atoms with van der Waals surface area (Å²) in [6, 6.07) is 3.99. The van der Waals surface area contributed by atoms with Crippen molar-refractivity contribution >= 4 is 21.7 Å². The summed E-state index contributed by atoms with van der Waals surface area (Å²) in [6.07, 6.45) is 5.84. The van der Waals surface area contributed by atoms with Crippen LogP contribution in [-0.2, 0) is 6.54 Å². The van der Waals surface area contributed by atoms with E-state index in [4.69, 9.17) is 0 Å². The molecule has 0 bridgehead atoms. The Kier molecular flexibility index (Phi) is 3.78. The minimum absolute atomic E-state index is 0.478. The summed E-state index contributed by atoms with van der Waals surface area (Å²) in [5.41, 5.74) is 0. The van der Waals surface area contributed by atoms with Crippen LogP contribution in [0, 0.1) is 5.92 Å². The Labute approximate surface area is 128 Å².